The number of hydrogen-bond donors (Lipinski definition) is 1. The molecule has 26 heavy (non-hydrogen) atoms. The molecule has 144 valence electrons. The molecular weight excluding hydrogens is 438 g/mol. The molecule has 2 rings (SSSR count). The maximum Gasteiger partial charge on any atom is 0.243 e. The summed E-state index contributed by atoms with van der Waals surface area (Å²) in [7, 11) is -3.58. The molecule has 1 N–H and O–H groups in total. The number of aromatic nitrogens is 1. The van der Waals surface area contributed by atoms with Crippen LogP contribution in [-0.2, 0) is 14.8 Å². The van der Waals surface area contributed by atoms with Gasteiger partial charge in [0.1, 0.15) is 0 Å². The van der Waals surface area contributed by atoms with E-state index in [-0.39, 0.29) is 28.0 Å². The summed E-state index contributed by atoms with van der Waals surface area (Å²) >= 11 is 4.35. The van der Waals surface area contributed by atoms with Gasteiger partial charge in [0.2, 0.25) is 15.9 Å². The van der Waals surface area contributed by atoms with Crippen molar-refractivity contribution in [2.75, 3.05) is 23.7 Å². The Morgan fingerprint density at radius 1 is 1.23 bits per heavy atom. The smallest absolute Gasteiger partial charge is 0.243 e. The molecule has 0 aliphatic carbocycles. The number of hydrogen-bond acceptors (Lipinski definition) is 5. The number of carbonyl (C=O) groups is 1. The average molecular weight is 462 g/mol. The number of amides is 1. The van der Waals surface area contributed by atoms with Gasteiger partial charge in [-0.15, -0.1) is 0 Å². The van der Waals surface area contributed by atoms with Crippen LogP contribution in [-0.4, -0.2) is 42.0 Å². The number of sulfonamides is 1. The Bertz CT molecular complexity index is 869. The number of fused-ring (bicyclic) bond motifs is 1. The van der Waals surface area contributed by atoms with Gasteiger partial charge in [0.05, 0.1) is 20.4 Å². The van der Waals surface area contributed by atoms with Gasteiger partial charge in [0.25, 0.3) is 0 Å². The molecule has 2 aromatic rings. The number of rotatable bonds is 8. The number of nitrogens with zero attached hydrogens (tertiary/aromatic N) is 2. The molecule has 1 aromatic carbocycles. The van der Waals surface area contributed by atoms with Gasteiger partial charge in [0.15, 0.2) is 5.13 Å². The van der Waals surface area contributed by atoms with Gasteiger partial charge in [-0.25, -0.2) is 13.4 Å². The predicted molar refractivity (Wildman–Crippen MR) is 110 cm³/mol. The zero-order chi connectivity index (χ0) is 19.5. The minimum atomic E-state index is -3.58. The number of anilines is 1. The number of alkyl halides is 1. The number of nitrogens with one attached hydrogen (secondary N) is 1. The highest BCUT2D eigenvalue weighted by Crippen LogP contribution is 2.29. The molecule has 6 nitrogen and oxygen atoms in total. The van der Waals surface area contributed by atoms with Crippen molar-refractivity contribution in [1.29, 1.82) is 0 Å². The van der Waals surface area contributed by atoms with Crippen LogP contribution < -0.4 is 5.32 Å². The molecule has 1 aromatic heterocycles. The quantitative estimate of drug-likeness (QED) is 0.603. The second-order valence-electron chi connectivity index (χ2n) is 6.94. The lowest BCUT2D eigenvalue weighted by molar-refractivity contribution is -0.113. The monoisotopic (exact) mass is 461 g/mol. The van der Waals surface area contributed by atoms with E-state index < -0.39 is 10.0 Å². The number of benzene rings is 1. The molecule has 9 heteroatoms. The molecule has 0 saturated carbocycles. The highest BCUT2D eigenvalue weighted by molar-refractivity contribution is 9.09. The van der Waals surface area contributed by atoms with Gasteiger partial charge >= 0.3 is 0 Å². The third-order valence-electron chi connectivity index (χ3n) is 3.50. The van der Waals surface area contributed by atoms with Crippen LogP contribution in [0, 0.1) is 11.8 Å². The fourth-order valence-electron chi connectivity index (χ4n) is 2.51. The Morgan fingerprint density at radius 2 is 1.85 bits per heavy atom. The Kier molecular flexibility index (Phi) is 7.18. The standard InChI is InChI=1S/C17H24BrN3O3S2/c1-11(2)9-21(10-12(3)4)26(23,24)13-5-6-14-15(7-13)25-17(19-14)20-16(22)8-18/h5-7,11-12H,8-10H2,1-4H3,(H,19,20,22). The number of carbonyl (C=O) groups excluding carboxylic acids is 1. The lowest BCUT2D eigenvalue weighted by Crippen LogP contribution is -2.37. The van der Waals surface area contributed by atoms with Gasteiger partial charge in [0, 0.05) is 13.1 Å². The Hall–Kier alpha value is -1.03. The fourth-order valence-corrected chi connectivity index (χ4v) is 5.44. The largest absolute Gasteiger partial charge is 0.301 e. The first-order chi connectivity index (χ1) is 12.1. The van der Waals surface area contributed by atoms with E-state index in [9.17, 15) is 13.2 Å². The SMILES string of the molecule is CC(C)CN(CC(C)C)S(=O)(=O)c1ccc2nc(NC(=O)CBr)sc2c1. The van der Waals surface area contributed by atoms with Gasteiger partial charge in [-0.2, -0.15) is 4.31 Å². The molecule has 0 bridgehead atoms. The van der Waals surface area contributed by atoms with E-state index >= 15 is 0 Å². The second kappa shape index (κ2) is 8.77. The van der Waals surface area contributed by atoms with Crippen LogP contribution in [0.1, 0.15) is 27.7 Å². The summed E-state index contributed by atoms with van der Waals surface area (Å²) in [5.41, 5.74) is 0.665. The summed E-state index contributed by atoms with van der Waals surface area (Å²) < 4.78 is 28.5. The van der Waals surface area contributed by atoms with Crippen molar-refractivity contribution >= 4 is 58.5 Å². The summed E-state index contributed by atoms with van der Waals surface area (Å²) in [6.07, 6.45) is 0. The first-order valence-corrected chi connectivity index (χ1v) is 11.8. The van der Waals surface area contributed by atoms with Crippen molar-refractivity contribution < 1.29 is 13.2 Å². The first-order valence-electron chi connectivity index (χ1n) is 8.40. The fraction of sp³-hybridized carbons (Fsp3) is 0.529. The van der Waals surface area contributed by atoms with Crippen LogP contribution in [0.2, 0.25) is 0 Å². The van der Waals surface area contributed by atoms with Crippen molar-refractivity contribution in [2.45, 2.75) is 32.6 Å². The van der Waals surface area contributed by atoms with E-state index in [1.54, 1.807) is 22.5 Å². The molecule has 0 spiro atoms. The van der Waals surface area contributed by atoms with E-state index in [1.165, 1.54) is 11.3 Å². The van der Waals surface area contributed by atoms with Crippen LogP contribution >= 0.6 is 27.3 Å². The molecule has 0 aliphatic rings. The molecular formula is C17H24BrN3O3S2. The minimum Gasteiger partial charge on any atom is -0.301 e. The van der Waals surface area contributed by atoms with Gasteiger partial charge in [-0.3, -0.25) is 4.79 Å². The van der Waals surface area contributed by atoms with Crippen LogP contribution in [0.4, 0.5) is 5.13 Å². The summed E-state index contributed by atoms with van der Waals surface area (Å²) in [4.78, 5) is 16.1. The van der Waals surface area contributed by atoms with Gasteiger partial charge in [-0.1, -0.05) is 55.0 Å². The third-order valence-corrected chi connectivity index (χ3v) is 6.77. The molecule has 0 saturated heterocycles. The minimum absolute atomic E-state index is 0.182. The third kappa shape index (κ3) is 5.25. The van der Waals surface area contributed by atoms with E-state index in [2.05, 4.69) is 26.2 Å². The molecule has 0 aliphatic heterocycles. The van der Waals surface area contributed by atoms with E-state index in [4.69, 9.17) is 0 Å². The Labute approximate surface area is 167 Å². The summed E-state index contributed by atoms with van der Waals surface area (Å²) in [5, 5.41) is 3.32. The lowest BCUT2D eigenvalue weighted by atomic mass is 10.2. The lowest BCUT2D eigenvalue weighted by Gasteiger charge is -2.25. The molecule has 1 amide bonds. The first kappa shape index (κ1) is 21.3. The van der Waals surface area contributed by atoms with Crippen LogP contribution in [0.3, 0.4) is 0 Å². The highest BCUT2D eigenvalue weighted by Gasteiger charge is 2.26. The second-order valence-corrected chi connectivity index (χ2v) is 10.5. The zero-order valence-electron chi connectivity index (χ0n) is 15.3. The van der Waals surface area contributed by atoms with E-state index in [1.807, 2.05) is 27.7 Å². The van der Waals surface area contributed by atoms with Gasteiger partial charge in [-0.05, 0) is 30.0 Å². The summed E-state index contributed by atoms with van der Waals surface area (Å²) in [6, 6.07) is 4.91. The van der Waals surface area contributed by atoms with Crippen molar-refractivity contribution in [3.8, 4) is 0 Å². The maximum absolute atomic E-state index is 13.1. The molecule has 0 unspecified atom stereocenters. The highest BCUT2D eigenvalue weighted by atomic mass is 79.9. The van der Waals surface area contributed by atoms with Crippen molar-refractivity contribution in [1.82, 2.24) is 9.29 Å². The van der Waals surface area contributed by atoms with E-state index in [0.717, 1.165) is 4.70 Å². The van der Waals surface area contributed by atoms with Crippen LogP contribution in [0.15, 0.2) is 23.1 Å². The molecule has 1 heterocycles. The average Bonchev–Trinajstić information content (AvgIpc) is 2.94. The zero-order valence-corrected chi connectivity index (χ0v) is 18.5. The Balaban J connectivity index is 2.38. The summed E-state index contributed by atoms with van der Waals surface area (Å²) in [5.74, 6) is 0.278. The molecule has 0 radical (unpaired) electrons. The van der Waals surface area contributed by atoms with Crippen LogP contribution in [0.5, 0.6) is 0 Å². The number of thiazole rings is 1. The summed E-state index contributed by atoms with van der Waals surface area (Å²) in [6.45, 7) is 8.99. The Morgan fingerprint density at radius 3 is 2.38 bits per heavy atom. The molecule has 0 atom stereocenters. The van der Waals surface area contributed by atoms with Crippen LogP contribution in [0.25, 0.3) is 10.2 Å². The maximum atomic E-state index is 13.1. The number of halogens is 1. The van der Waals surface area contributed by atoms with Gasteiger partial charge < -0.3 is 5.32 Å². The topological polar surface area (TPSA) is 79.4 Å². The molecule has 0 fully saturated rings. The normalized spacial score (nSPS) is 12.5. The van der Waals surface area contributed by atoms with Crippen molar-refractivity contribution in [3.05, 3.63) is 18.2 Å². The predicted octanol–water partition coefficient (Wildman–Crippen LogP) is 3.93. The van der Waals surface area contributed by atoms with Crippen molar-refractivity contribution in [3.63, 3.8) is 0 Å². The van der Waals surface area contributed by atoms with E-state index in [0.29, 0.717) is 23.7 Å². The van der Waals surface area contributed by atoms with Crippen molar-refractivity contribution in [2.24, 2.45) is 11.8 Å².